The Morgan fingerprint density at radius 1 is 1.53 bits per heavy atom. The van der Waals surface area contributed by atoms with Gasteiger partial charge in [-0.2, -0.15) is 0 Å². The third-order valence-electron chi connectivity index (χ3n) is 3.48. The summed E-state index contributed by atoms with van der Waals surface area (Å²) < 4.78 is 12.5. The molecule has 2 rings (SSSR count). The predicted molar refractivity (Wildman–Crippen MR) is 80.6 cm³/mol. The summed E-state index contributed by atoms with van der Waals surface area (Å²) in [6.45, 7) is 3.61. The van der Waals surface area contributed by atoms with E-state index in [9.17, 15) is 0 Å². The molecule has 0 saturated carbocycles. The third-order valence-corrected chi connectivity index (χ3v) is 4.26. The molecule has 0 radical (unpaired) electrons. The maximum absolute atomic E-state index is 6.02. The maximum Gasteiger partial charge on any atom is 0.119 e. The van der Waals surface area contributed by atoms with E-state index >= 15 is 0 Å². The Bertz CT molecular complexity index is 405. The highest BCUT2D eigenvalue weighted by molar-refractivity contribution is 9.10. The molecular formula is C15H22BrNO2. The van der Waals surface area contributed by atoms with Gasteiger partial charge in [0.1, 0.15) is 12.4 Å². The largest absolute Gasteiger partial charge is 0.491 e. The summed E-state index contributed by atoms with van der Waals surface area (Å²) >= 11 is 3.57. The molecule has 2 N–H and O–H groups in total. The molecular weight excluding hydrogens is 306 g/mol. The van der Waals surface area contributed by atoms with Gasteiger partial charge < -0.3 is 15.2 Å². The van der Waals surface area contributed by atoms with Crippen molar-refractivity contribution in [2.24, 2.45) is 5.73 Å². The molecule has 2 unspecified atom stereocenters. The van der Waals surface area contributed by atoms with Crippen molar-refractivity contribution < 1.29 is 9.47 Å². The molecule has 1 saturated heterocycles. The van der Waals surface area contributed by atoms with Crippen LogP contribution in [0.5, 0.6) is 5.75 Å². The molecule has 0 spiro atoms. The number of hydrogen-bond acceptors (Lipinski definition) is 3. The van der Waals surface area contributed by atoms with Crippen molar-refractivity contribution in [3.8, 4) is 5.75 Å². The Balaban J connectivity index is 1.94. The van der Waals surface area contributed by atoms with Crippen LogP contribution < -0.4 is 10.5 Å². The minimum absolute atomic E-state index is 0.199. The van der Waals surface area contributed by atoms with Crippen LogP contribution in [-0.4, -0.2) is 25.4 Å². The highest BCUT2D eigenvalue weighted by Crippen LogP contribution is 2.25. The van der Waals surface area contributed by atoms with E-state index in [0.717, 1.165) is 42.5 Å². The van der Waals surface area contributed by atoms with Gasteiger partial charge in [-0.25, -0.2) is 0 Å². The van der Waals surface area contributed by atoms with Gasteiger partial charge in [-0.05, 0) is 49.4 Å². The second-order valence-corrected chi connectivity index (χ2v) is 5.93. The molecule has 1 aliphatic rings. The summed E-state index contributed by atoms with van der Waals surface area (Å²) in [5, 5.41) is 0. The van der Waals surface area contributed by atoms with Crippen LogP contribution in [0.2, 0.25) is 0 Å². The van der Waals surface area contributed by atoms with Crippen LogP contribution in [0.15, 0.2) is 22.7 Å². The number of rotatable bonds is 6. The zero-order chi connectivity index (χ0) is 13.7. The monoisotopic (exact) mass is 327 g/mol. The Morgan fingerprint density at radius 3 is 3.05 bits per heavy atom. The van der Waals surface area contributed by atoms with Crippen molar-refractivity contribution in [1.82, 2.24) is 0 Å². The van der Waals surface area contributed by atoms with Gasteiger partial charge in [0.25, 0.3) is 0 Å². The molecule has 0 aromatic heterocycles. The number of hydrogen-bond donors (Lipinski definition) is 1. The number of ether oxygens (including phenoxy) is 2. The Hall–Kier alpha value is -0.580. The molecule has 1 heterocycles. The van der Waals surface area contributed by atoms with Crippen molar-refractivity contribution in [1.29, 1.82) is 0 Å². The lowest BCUT2D eigenvalue weighted by molar-refractivity contribution is 0.0679. The van der Waals surface area contributed by atoms with Crippen LogP contribution in [0.3, 0.4) is 0 Å². The topological polar surface area (TPSA) is 44.5 Å². The second kappa shape index (κ2) is 7.27. The zero-order valence-corrected chi connectivity index (χ0v) is 13.0. The standard InChI is InChI=1S/C15H22BrNO2/c1-2-12(17)8-11-9-13(5-6-15(11)16)19-10-14-4-3-7-18-14/h5-6,9,12,14H,2-4,7-8,10,17H2,1H3. The van der Waals surface area contributed by atoms with Gasteiger partial charge in [0.15, 0.2) is 0 Å². The highest BCUT2D eigenvalue weighted by atomic mass is 79.9. The van der Waals surface area contributed by atoms with E-state index in [4.69, 9.17) is 15.2 Å². The molecule has 1 aliphatic heterocycles. The normalized spacial score (nSPS) is 20.5. The molecule has 0 bridgehead atoms. The summed E-state index contributed by atoms with van der Waals surface area (Å²) in [5.41, 5.74) is 7.22. The van der Waals surface area contributed by atoms with Gasteiger partial charge in [-0.15, -0.1) is 0 Å². The summed E-state index contributed by atoms with van der Waals surface area (Å²) in [5.74, 6) is 0.900. The van der Waals surface area contributed by atoms with Crippen LogP contribution in [0.1, 0.15) is 31.7 Å². The number of nitrogens with two attached hydrogens (primary N) is 1. The molecule has 1 aromatic carbocycles. The molecule has 2 atom stereocenters. The lowest BCUT2D eigenvalue weighted by atomic mass is 10.0. The molecule has 3 nitrogen and oxygen atoms in total. The first kappa shape index (κ1) is 14.8. The first-order valence-corrected chi connectivity index (χ1v) is 7.76. The van der Waals surface area contributed by atoms with Crippen molar-refractivity contribution >= 4 is 15.9 Å². The minimum atomic E-state index is 0.199. The van der Waals surface area contributed by atoms with Crippen molar-refractivity contribution in [2.75, 3.05) is 13.2 Å². The molecule has 0 aliphatic carbocycles. The molecule has 0 amide bonds. The van der Waals surface area contributed by atoms with Crippen molar-refractivity contribution in [3.63, 3.8) is 0 Å². The van der Waals surface area contributed by atoms with E-state index in [2.05, 4.69) is 28.9 Å². The van der Waals surface area contributed by atoms with Gasteiger partial charge in [0.05, 0.1) is 6.10 Å². The van der Waals surface area contributed by atoms with E-state index in [0.29, 0.717) is 6.61 Å². The fraction of sp³-hybridized carbons (Fsp3) is 0.600. The van der Waals surface area contributed by atoms with Gasteiger partial charge in [0.2, 0.25) is 0 Å². The highest BCUT2D eigenvalue weighted by Gasteiger charge is 2.16. The van der Waals surface area contributed by atoms with Crippen molar-refractivity contribution in [3.05, 3.63) is 28.2 Å². The van der Waals surface area contributed by atoms with E-state index in [1.54, 1.807) is 0 Å². The Labute approximate surface area is 123 Å². The van der Waals surface area contributed by atoms with Gasteiger partial charge in [0, 0.05) is 17.1 Å². The molecule has 1 aromatic rings. The van der Waals surface area contributed by atoms with E-state index in [1.807, 2.05) is 12.1 Å². The third kappa shape index (κ3) is 4.48. The summed E-state index contributed by atoms with van der Waals surface area (Å²) in [6, 6.07) is 6.29. The second-order valence-electron chi connectivity index (χ2n) is 5.07. The molecule has 106 valence electrons. The molecule has 4 heteroatoms. The fourth-order valence-corrected chi connectivity index (χ4v) is 2.60. The quantitative estimate of drug-likeness (QED) is 0.871. The van der Waals surface area contributed by atoms with Gasteiger partial charge in [-0.1, -0.05) is 22.9 Å². The Kier molecular flexibility index (Phi) is 5.67. The van der Waals surface area contributed by atoms with E-state index in [-0.39, 0.29) is 12.1 Å². The van der Waals surface area contributed by atoms with Crippen LogP contribution >= 0.6 is 15.9 Å². The summed E-state index contributed by atoms with van der Waals surface area (Å²) in [7, 11) is 0. The van der Waals surface area contributed by atoms with Crippen LogP contribution in [0.4, 0.5) is 0 Å². The number of benzene rings is 1. The van der Waals surface area contributed by atoms with Gasteiger partial charge in [-0.3, -0.25) is 0 Å². The molecule has 1 fully saturated rings. The minimum Gasteiger partial charge on any atom is -0.491 e. The van der Waals surface area contributed by atoms with Crippen LogP contribution in [-0.2, 0) is 11.2 Å². The smallest absolute Gasteiger partial charge is 0.119 e. The van der Waals surface area contributed by atoms with E-state index in [1.165, 1.54) is 5.56 Å². The summed E-state index contributed by atoms with van der Waals surface area (Å²) in [4.78, 5) is 0. The average Bonchev–Trinajstić information content (AvgIpc) is 2.92. The lowest BCUT2D eigenvalue weighted by Gasteiger charge is -2.14. The predicted octanol–water partition coefficient (Wildman–Crippen LogP) is 3.29. The first-order chi connectivity index (χ1) is 9.19. The first-order valence-electron chi connectivity index (χ1n) is 6.97. The molecule has 19 heavy (non-hydrogen) atoms. The van der Waals surface area contributed by atoms with Crippen LogP contribution in [0, 0.1) is 0 Å². The van der Waals surface area contributed by atoms with E-state index < -0.39 is 0 Å². The average molecular weight is 328 g/mol. The fourth-order valence-electron chi connectivity index (χ4n) is 2.19. The maximum atomic E-state index is 6.02. The zero-order valence-electron chi connectivity index (χ0n) is 11.4. The lowest BCUT2D eigenvalue weighted by Crippen LogP contribution is -2.21. The SMILES string of the molecule is CCC(N)Cc1cc(OCC2CCCO2)ccc1Br. The summed E-state index contributed by atoms with van der Waals surface area (Å²) in [6.07, 6.45) is 4.35. The number of halogens is 1. The van der Waals surface area contributed by atoms with Gasteiger partial charge >= 0.3 is 0 Å². The Morgan fingerprint density at radius 2 is 2.37 bits per heavy atom. The van der Waals surface area contributed by atoms with Crippen molar-refractivity contribution in [2.45, 2.75) is 44.8 Å². The van der Waals surface area contributed by atoms with Crippen LogP contribution in [0.25, 0.3) is 0 Å².